The highest BCUT2D eigenvalue weighted by Gasteiger charge is 2.13. The Morgan fingerprint density at radius 1 is 1.35 bits per heavy atom. The molecule has 1 amide bonds. The second kappa shape index (κ2) is 5.77. The third-order valence-corrected chi connectivity index (χ3v) is 2.95. The largest absolute Gasteiger partial charge is 0.397 e. The lowest BCUT2D eigenvalue weighted by Crippen LogP contribution is -2.17. The minimum Gasteiger partial charge on any atom is -0.397 e. The van der Waals surface area contributed by atoms with Gasteiger partial charge in [0.2, 0.25) is 0 Å². The molecule has 0 aliphatic heterocycles. The number of carbonyl (C=O) groups is 1. The van der Waals surface area contributed by atoms with E-state index in [1.165, 1.54) is 0 Å². The van der Waals surface area contributed by atoms with Gasteiger partial charge in [-0.25, -0.2) is 4.98 Å². The Morgan fingerprint density at radius 3 is 2.75 bits per heavy atom. The third kappa shape index (κ3) is 3.17. The van der Waals surface area contributed by atoms with E-state index >= 15 is 0 Å². The predicted molar refractivity (Wildman–Crippen MR) is 80.8 cm³/mol. The van der Waals surface area contributed by atoms with Crippen LogP contribution in [0.15, 0.2) is 24.4 Å². The molecular formula is C15H20N4O. The molecule has 0 atom stereocenters. The molecule has 0 aliphatic carbocycles. The average Bonchev–Trinajstić information content (AvgIpc) is 2.69. The van der Waals surface area contributed by atoms with Crippen molar-refractivity contribution in [1.29, 1.82) is 0 Å². The SMILES string of the molecule is CCCn1cc(N)cc1C(=O)Nc1cc(C)cc(C)n1. The maximum atomic E-state index is 12.3. The standard InChI is InChI=1S/C15H20N4O/c1-4-5-19-9-12(16)8-13(19)15(20)18-14-7-10(2)6-11(3)17-14/h6-9H,4-5,16H2,1-3H3,(H,17,18,20). The summed E-state index contributed by atoms with van der Waals surface area (Å²) < 4.78 is 1.87. The zero-order chi connectivity index (χ0) is 14.7. The van der Waals surface area contributed by atoms with Gasteiger partial charge in [-0.1, -0.05) is 6.92 Å². The van der Waals surface area contributed by atoms with Gasteiger partial charge in [-0.05, 0) is 44.0 Å². The van der Waals surface area contributed by atoms with Gasteiger partial charge in [0.15, 0.2) is 0 Å². The molecule has 106 valence electrons. The molecule has 2 aromatic rings. The van der Waals surface area contributed by atoms with Crippen molar-refractivity contribution in [3.05, 3.63) is 41.3 Å². The minimum atomic E-state index is -0.187. The Balaban J connectivity index is 2.23. The molecule has 0 aromatic carbocycles. The first-order chi connectivity index (χ1) is 9.49. The van der Waals surface area contributed by atoms with Crippen molar-refractivity contribution >= 4 is 17.4 Å². The molecule has 3 N–H and O–H groups in total. The highest BCUT2D eigenvalue weighted by Crippen LogP contribution is 2.15. The van der Waals surface area contributed by atoms with Crippen LogP contribution in [-0.2, 0) is 6.54 Å². The molecule has 0 radical (unpaired) electrons. The van der Waals surface area contributed by atoms with Crippen LogP contribution in [0.4, 0.5) is 11.5 Å². The fraction of sp³-hybridized carbons (Fsp3) is 0.333. The van der Waals surface area contributed by atoms with E-state index in [1.54, 1.807) is 12.3 Å². The smallest absolute Gasteiger partial charge is 0.273 e. The Bertz CT molecular complexity index is 611. The van der Waals surface area contributed by atoms with Crippen LogP contribution in [0.3, 0.4) is 0 Å². The summed E-state index contributed by atoms with van der Waals surface area (Å²) in [6, 6.07) is 5.50. The Labute approximate surface area is 118 Å². The molecule has 0 saturated heterocycles. The van der Waals surface area contributed by atoms with Crippen molar-refractivity contribution in [2.24, 2.45) is 0 Å². The van der Waals surface area contributed by atoms with Gasteiger partial charge in [0.25, 0.3) is 5.91 Å². The van der Waals surface area contributed by atoms with Crippen LogP contribution < -0.4 is 11.1 Å². The molecule has 2 heterocycles. The normalized spacial score (nSPS) is 10.6. The number of anilines is 2. The van der Waals surface area contributed by atoms with E-state index in [1.807, 2.05) is 30.5 Å². The molecule has 2 aromatic heterocycles. The quantitative estimate of drug-likeness (QED) is 0.898. The van der Waals surface area contributed by atoms with Crippen molar-refractivity contribution < 1.29 is 4.79 Å². The number of nitrogens with two attached hydrogens (primary N) is 1. The molecule has 0 saturated carbocycles. The van der Waals surface area contributed by atoms with Crippen LogP contribution in [0.1, 0.15) is 35.1 Å². The van der Waals surface area contributed by atoms with Crippen molar-refractivity contribution in [3.8, 4) is 0 Å². The molecular weight excluding hydrogens is 252 g/mol. The summed E-state index contributed by atoms with van der Waals surface area (Å²) in [5, 5.41) is 2.83. The second-order valence-electron chi connectivity index (χ2n) is 4.98. The van der Waals surface area contributed by atoms with E-state index in [0.717, 1.165) is 24.2 Å². The monoisotopic (exact) mass is 272 g/mol. The number of aryl methyl sites for hydroxylation is 3. The number of nitrogen functional groups attached to an aromatic ring is 1. The summed E-state index contributed by atoms with van der Waals surface area (Å²) in [6.07, 6.45) is 2.73. The molecule has 5 heteroatoms. The highest BCUT2D eigenvalue weighted by molar-refractivity contribution is 6.03. The Hall–Kier alpha value is -2.30. The lowest BCUT2D eigenvalue weighted by atomic mass is 10.2. The van der Waals surface area contributed by atoms with E-state index in [0.29, 0.717) is 17.2 Å². The van der Waals surface area contributed by atoms with Crippen molar-refractivity contribution in [1.82, 2.24) is 9.55 Å². The highest BCUT2D eigenvalue weighted by atomic mass is 16.2. The molecule has 0 bridgehead atoms. The molecule has 20 heavy (non-hydrogen) atoms. The van der Waals surface area contributed by atoms with Crippen LogP contribution in [-0.4, -0.2) is 15.5 Å². The minimum absolute atomic E-state index is 0.187. The first-order valence-corrected chi connectivity index (χ1v) is 6.72. The van der Waals surface area contributed by atoms with Gasteiger partial charge in [0.05, 0.1) is 5.69 Å². The molecule has 2 rings (SSSR count). The summed E-state index contributed by atoms with van der Waals surface area (Å²) in [7, 11) is 0. The van der Waals surface area contributed by atoms with Crippen LogP contribution in [0, 0.1) is 13.8 Å². The number of hydrogen-bond acceptors (Lipinski definition) is 3. The third-order valence-electron chi connectivity index (χ3n) is 2.95. The number of amides is 1. The summed E-state index contributed by atoms with van der Waals surface area (Å²) in [4.78, 5) is 16.6. The summed E-state index contributed by atoms with van der Waals surface area (Å²) >= 11 is 0. The summed E-state index contributed by atoms with van der Waals surface area (Å²) in [6.45, 7) is 6.70. The van der Waals surface area contributed by atoms with Crippen molar-refractivity contribution in [3.63, 3.8) is 0 Å². The van der Waals surface area contributed by atoms with E-state index in [9.17, 15) is 4.79 Å². The average molecular weight is 272 g/mol. The molecule has 0 unspecified atom stereocenters. The first kappa shape index (κ1) is 14.1. The number of rotatable bonds is 4. The number of nitrogens with one attached hydrogen (secondary N) is 1. The summed E-state index contributed by atoms with van der Waals surface area (Å²) in [5.41, 5.74) is 8.87. The number of hydrogen-bond donors (Lipinski definition) is 2. The number of pyridine rings is 1. The predicted octanol–water partition coefficient (Wildman–Crippen LogP) is 2.74. The van der Waals surface area contributed by atoms with Crippen LogP contribution in [0.5, 0.6) is 0 Å². The first-order valence-electron chi connectivity index (χ1n) is 6.72. The fourth-order valence-corrected chi connectivity index (χ4v) is 2.24. The van der Waals surface area contributed by atoms with E-state index in [2.05, 4.69) is 17.2 Å². The zero-order valence-electron chi connectivity index (χ0n) is 12.1. The fourth-order valence-electron chi connectivity index (χ4n) is 2.24. The summed E-state index contributed by atoms with van der Waals surface area (Å²) in [5.74, 6) is 0.378. The van der Waals surface area contributed by atoms with Gasteiger partial charge in [-0.3, -0.25) is 4.79 Å². The Kier molecular flexibility index (Phi) is 4.08. The Morgan fingerprint density at radius 2 is 2.10 bits per heavy atom. The number of nitrogens with zero attached hydrogens (tertiary/aromatic N) is 2. The lowest BCUT2D eigenvalue weighted by Gasteiger charge is -2.09. The molecule has 0 fully saturated rings. The van der Waals surface area contributed by atoms with E-state index < -0.39 is 0 Å². The second-order valence-corrected chi connectivity index (χ2v) is 4.98. The zero-order valence-corrected chi connectivity index (χ0v) is 12.1. The van der Waals surface area contributed by atoms with Crippen LogP contribution in [0.2, 0.25) is 0 Å². The van der Waals surface area contributed by atoms with Crippen molar-refractivity contribution in [2.45, 2.75) is 33.7 Å². The number of carbonyl (C=O) groups excluding carboxylic acids is 1. The van der Waals surface area contributed by atoms with Crippen LogP contribution >= 0.6 is 0 Å². The molecule has 0 aliphatic rings. The maximum absolute atomic E-state index is 12.3. The van der Waals surface area contributed by atoms with Crippen molar-refractivity contribution in [2.75, 3.05) is 11.1 Å². The van der Waals surface area contributed by atoms with E-state index in [4.69, 9.17) is 5.73 Å². The van der Waals surface area contributed by atoms with Gasteiger partial charge in [0.1, 0.15) is 11.5 Å². The molecule has 0 spiro atoms. The number of aromatic nitrogens is 2. The van der Waals surface area contributed by atoms with Gasteiger partial charge in [0, 0.05) is 18.4 Å². The van der Waals surface area contributed by atoms with Crippen LogP contribution in [0.25, 0.3) is 0 Å². The molecule has 5 nitrogen and oxygen atoms in total. The van der Waals surface area contributed by atoms with Gasteiger partial charge >= 0.3 is 0 Å². The maximum Gasteiger partial charge on any atom is 0.273 e. The lowest BCUT2D eigenvalue weighted by molar-refractivity contribution is 0.101. The van der Waals surface area contributed by atoms with Gasteiger partial charge < -0.3 is 15.6 Å². The van der Waals surface area contributed by atoms with Gasteiger partial charge in [-0.15, -0.1) is 0 Å². The van der Waals surface area contributed by atoms with Gasteiger partial charge in [-0.2, -0.15) is 0 Å². The topological polar surface area (TPSA) is 72.9 Å². The van der Waals surface area contributed by atoms with E-state index in [-0.39, 0.29) is 5.91 Å².